The molecule has 0 N–H and O–H groups in total. The molecule has 1 aromatic rings. The van der Waals surface area contributed by atoms with E-state index < -0.39 is 20.0 Å². The Morgan fingerprint density at radius 1 is 1.00 bits per heavy atom. The first-order chi connectivity index (χ1) is 11.3. The van der Waals surface area contributed by atoms with Gasteiger partial charge in [-0.3, -0.25) is 0 Å². The van der Waals surface area contributed by atoms with E-state index in [1.165, 1.54) is 15.7 Å². The maximum atomic E-state index is 12.9. The first kappa shape index (κ1) is 17.7. The molecule has 0 amide bonds. The molecule has 3 rings (SSSR count). The van der Waals surface area contributed by atoms with Gasteiger partial charge >= 0.3 is 0 Å². The van der Waals surface area contributed by atoms with Crippen molar-refractivity contribution < 1.29 is 21.6 Å². The first-order valence-electron chi connectivity index (χ1n) is 7.90. The summed E-state index contributed by atoms with van der Waals surface area (Å²) in [5, 5.41) is -0.266. The number of rotatable bonds is 5. The quantitative estimate of drug-likeness (QED) is 0.761. The van der Waals surface area contributed by atoms with E-state index in [0.717, 1.165) is 5.56 Å². The molecule has 7 nitrogen and oxygen atoms in total. The van der Waals surface area contributed by atoms with Crippen molar-refractivity contribution >= 4 is 20.0 Å². The molecule has 1 heterocycles. The molecule has 2 aliphatic rings. The molecule has 9 heteroatoms. The van der Waals surface area contributed by atoms with Gasteiger partial charge in [0.2, 0.25) is 20.0 Å². The van der Waals surface area contributed by atoms with Gasteiger partial charge in [0.25, 0.3) is 0 Å². The smallest absolute Gasteiger partial charge is 0.246 e. The zero-order valence-corrected chi connectivity index (χ0v) is 15.4. The maximum absolute atomic E-state index is 12.9. The molecule has 0 bridgehead atoms. The second kappa shape index (κ2) is 6.29. The summed E-state index contributed by atoms with van der Waals surface area (Å²) in [5.74, 6) is 0.300. The molecule has 0 aromatic heterocycles. The number of benzene rings is 1. The maximum Gasteiger partial charge on any atom is 0.246 e. The second-order valence-electron chi connectivity index (χ2n) is 6.20. The monoisotopic (exact) mass is 374 g/mol. The van der Waals surface area contributed by atoms with Gasteiger partial charge in [0.15, 0.2) is 0 Å². The highest BCUT2D eigenvalue weighted by molar-refractivity contribution is 7.90. The van der Waals surface area contributed by atoms with Gasteiger partial charge in [0, 0.05) is 26.2 Å². The SMILES string of the molecule is COc1ccc(C)cc1S(=O)(=O)N1CCN(S(=O)(=O)C2CC2)CC1. The lowest BCUT2D eigenvalue weighted by Crippen LogP contribution is -2.51. The van der Waals surface area contributed by atoms with Crippen LogP contribution in [0.2, 0.25) is 0 Å². The number of methoxy groups -OCH3 is 1. The Hall–Kier alpha value is -1.16. The Bertz CT molecular complexity index is 823. The van der Waals surface area contributed by atoms with Crippen molar-refractivity contribution in [2.75, 3.05) is 33.3 Å². The molecular formula is C15H22N2O5S2. The van der Waals surface area contributed by atoms with E-state index in [4.69, 9.17) is 4.74 Å². The summed E-state index contributed by atoms with van der Waals surface area (Å²) in [7, 11) is -5.53. The standard InChI is InChI=1S/C15H22N2O5S2/c1-12-3-6-14(22-2)15(11-12)24(20,21)17-9-7-16(8-10-17)23(18,19)13-4-5-13/h3,6,11,13H,4-5,7-10H2,1-2H3. The van der Waals surface area contributed by atoms with Crippen LogP contribution in [0.5, 0.6) is 5.75 Å². The van der Waals surface area contributed by atoms with Crippen molar-refractivity contribution in [3.8, 4) is 5.75 Å². The van der Waals surface area contributed by atoms with E-state index in [-0.39, 0.29) is 36.3 Å². The van der Waals surface area contributed by atoms with Gasteiger partial charge in [-0.25, -0.2) is 16.8 Å². The second-order valence-corrected chi connectivity index (χ2v) is 10.3. The average molecular weight is 374 g/mol. The van der Waals surface area contributed by atoms with Crippen molar-refractivity contribution in [1.82, 2.24) is 8.61 Å². The Labute approximate surface area is 143 Å². The molecule has 1 aromatic carbocycles. The van der Waals surface area contributed by atoms with Crippen molar-refractivity contribution in [3.63, 3.8) is 0 Å². The van der Waals surface area contributed by atoms with Crippen LogP contribution >= 0.6 is 0 Å². The summed E-state index contributed by atoms with van der Waals surface area (Å²) in [6.07, 6.45) is 1.42. The lowest BCUT2D eigenvalue weighted by molar-refractivity contribution is 0.271. The zero-order chi connectivity index (χ0) is 17.5. The van der Waals surface area contributed by atoms with Crippen LogP contribution in [-0.4, -0.2) is 64.0 Å². The van der Waals surface area contributed by atoms with Crippen molar-refractivity contribution in [2.45, 2.75) is 29.9 Å². The van der Waals surface area contributed by atoms with Crippen LogP contribution < -0.4 is 4.74 Å². The summed E-state index contributed by atoms with van der Waals surface area (Å²) in [5.41, 5.74) is 0.823. The van der Waals surface area contributed by atoms with Crippen molar-refractivity contribution in [3.05, 3.63) is 23.8 Å². The van der Waals surface area contributed by atoms with Crippen molar-refractivity contribution in [1.29, 1.82) is 0 Å². The van der Waals surface area contributed by atoms with Gasteiger partial charge in [0.05, 0.1) is 12.4 Å². The number of aryl methyl sites for hydroxylation is 1. The zero-order valence-electron chi connectivity index (χ0n) is 13.8. The number of hydrogen-bond acceptors (Lipinski definition) is 5. The molecule has 2 fully saturated rings. The predicted octanol–water partition coefficient (Wildman–Crippen LogP) is 0.802. The summed E-state index contributed by atoms with van der Waals surface area (Å²) in [6, 6.07) is 5.01. The van der Waals surface area contributed by atoms with Crippen molar-refractivity contribution in [2.24, 2.45) is 0 Å². The van der Waals surface area contributed by atoms with Gasteiger partial charge in [-0.05, 0) is 37.5 Å². The molecule has 24 heavy (non-hydrogen) atoms. The third-order valence-corrected chi connectivity index (χ3v) is 8.76. The molecule has 1 aliphatic carbocycles. The number of nitrogens with zero attached hydrogens (tertiary/aromatic N) is 2. The third-order valence-electron chi connectivity index (χ3n) is 4.44. The van der Waals surface area contributed by atoms with Gasteiger partial charge in [0.1, 0.15) is 10.6 Å². The molecule has 1 saturated carbocycles. The van der Waals surface area contributed by atoms with Crippen LogP contribution in [0.1, 0.15) is 18.4 Å². The van der Waals surface area contributed by atoms with Gasteiger partial charge in [-0.2, -0.15) is 8.61 Å². The number of sulfonamides is 2. The highest BCUT2D eigenvalue weighted by Gasteiger charge is 2.42. The molecule has 0 atom stereocenters. The lowest BCUT2D eigenvalue weighted by atomic mass is 10.2. The number of hydrogen-bond donors (Lipinski definition) is 0. The summed E-state index contributed by atoms with van der Waals surface area (Å²) >= 11 is 0. The van der Waals surface area contributed by atoms with Crippen LogP contribution in [-0.2, 0) is 20.0 Å². The average Bonchev–Trinajstić information content (AvgIpc) is 3.40. The minimum atomic E-state index is -3.71. The number of ether oxygens (including phenoxy) is 1. The molecule has 0 unspecified atom stereocenters. The van der Waals surface area contributed by atoms with E-state index >= 15 is 0 Å². The van der Waals surface area contributed by atoms with Crippen LogP contribution in [0.15, 0.2) is 23.1 Å². The Balaban J connectivity index is 1.79. The van der Waals surface area contributed by atoms with E-state index in [9.17, 15) is 16.8 Å². The highest BCUT2D eigenvalue weighted by atomic mass is 32.2. The fourth-order valence-electron chi connectivity index (χ4n) is 2.87. The first-order valence-corrected chi connectivity index (χ1v) is 10.8. The Kier molecular flexibility index (Phi) is 4.63. The molecule has 134 valence electrons. The van der Waals surface area contributed by atoms with Crippen LogP contribution in [0.4, 0.5) is 0 Å². The third kappa shape index (κ3) is 3.17. The van der Waals surface area contributed by atoms with E-state index in [0.29, 0.717) is 18.6 Å². The number of piperazine rings is 1. The predicted molar refractivity (Wildman–Crippen MR) is 90.0 cm³/mol. The highest BCUT2D eigenvalue weighted by Crippen LogP contribution is 2.33. The Morgan fingerprint density at radius 2 is 1.58 bits per heavy atom. The van der Waals surface area contributed by atoms with Gasteiger partial charge in [-0.1, -0.05) is 6.07 Å². The summed E-state index contributed by atoms with van der Waals surface area (Å²) in [4.78, 5) is 0.128. The molecule has 1 aliphatic heterocycles. The largest absolute Gasteiger partial charge is 0.495 e. The fraction of sp³-hybridized carbons (Fsp3) is 0.600. The van der Waals surface area contributed by atoms with E-state index in [2.05, 4.69) is 0 Å². The summed E-state index contributed by atoms with van der Waals surface area (Å²) < 4.78 is 58.3. The molecule has 1 saturated heterocycles. The molecule has 0 spiro atoms. The summed E-state index contributed by atoms with van der Waals surface area (Å²) in [6.45, 7) is 2.54. The minimum absolute atomic E-state index is 0.128. The lowest BCUT2D eigenvalue weighted by Gasteiger charge is -2.33. The van der Waals surface area contributed by atoms with Gasteiger partial charge < -0.3 is 4.74 Å². The van der Waals surface area contributed by atoms with Gasteiger partial charge in [-0.15, -0.1) is 0 Å². The van der Waals surface area contributed by atoms with Crippen LogP contribution in [0.25, 0.3) is 0 Å². The Morgan fingerprint density at radius 3 is 2.12 bits per heavy atom. The van der Waals surface area contributed by atoms with E-state index in [1.54, 1.807) is 18.2 Å². The molecule has 0 radical (unpaired) electrons. The van der Waals surface area contributed by atoms with E-state index in [1.807, 2.05) is 6.92 Å². The fourth-order valence-corrected chi connectivity index (χ4v) is 6.35. The topological polar surface area (TPSA) is 84.0 Å². The molecular weight excluding hydrogens is 352 g/mol. The normalized spacial score (nSPS) is 20.9. The van der Waals surface area contributed by atoms with Crippen LogP contribution in [0, 0.1) is 6.92 Å². The van der Waals surface area contributed by atoms with Crippen LogP contribution in [0.3, 0.4) is 0 Å². The minimum Gasteiger partial charge on any atom is -0.495 e.